The fourth-order valence-corrected chi connectivity index (χ4v) is 2.81. The van der Waals surface area contributed by atoms with E-state index in [4.69, 9.17) is 0 Å². The molecule has 1 aromatic rings. The minimum atomic E-state index is 0.168. The Hall–Kier alpha value is -1.85. The number of nitrogens with one attached hydrogen (secondary N) is 2. The van der Waals surface area contributed by atoms with E-state index in [1.165, 1.54) is 25.7 Å². The molecule has 22 heavy (non-hydrogen) atoms. The molecule has 0 unspecified atom stereocenters. The molecule has 0 spiro atoms. The summed E-state index contributed by atoms with van der Waals surface area (Å²) in [6, 6.07) is 1.91. The molecule has 0 saturated heterocycles. The van der Waals surface area contributed by atoms with Crippen molar-refractivity contribution < 1.29 is 4.79 Å². The van der Waals surface area contributed by atoms with Gasteiger partial charge in [-0.05, 0) is 25.7 Å². The van der Waals surface area contributed by atoms with Crippen molar-refractivity contribution in [2.45, 2.75) is 39.0 Å². The zero-order chi connectivity index (χ0) is 15.9. The molecule has 0 aliphatic heterocycles. The van der Waals surface area contributed by atoms with E-state index < -0.39 is 0 Å². The van der Waals surface area contributed by atoms with Crippen LogP contribution in [0.4, 0.5) is 11.6 Å². The van der Waals surface area contributed by atoms with Crippen molar-refractivity contribution in [3.8, 4) is 0 Å². The largest absolute Gasteiger partial charge is 0.368 e. The molecule has 0 bridgehead atoms. The Morgan fingerprint density at radius 1 is 1.27 bits per heavy atom. The fourth-order valence-electron chi connectivity index (χ4n) is 2.81. The van der Waals surface area contributed by atoms with E-state index in [1.54, 1.807) is 0 Å². The van der Waals surface area contributed by atoms with Crippen LogP contribution in [-0.2, 0) is 4.79 Å². The number of carbonyl (C=O) groups is 1. The molecule has 0 aromatic carbocycles. The molecule has 6 heteroatoms. The van der Waals surface area contributed by atoms with E-state index >= 15 is 0 Å². The predicted molar refractivity (Wildman–Crippen MR) is 89.2 cm³/mol. The normalized spacial score (nSPS) is 14.9. The Morgan fingerprint density at radius 2 is 2.00 bits per heavy atom. The summed E-state index contributed by atoms with van der Waals surface area (Å²) in [4.78, 5) is 22.5. The first-order valence-corrected chi connectivity index (χ1v) is 8.08. The molecule has 1 saturated carbocycles. The first-order valence-electron chi connectivity index (χ1n) is 8.08. The van der Waals surface area contributed by atoms with E-state index in [0.29, 0.717) is 25.4 Å². The average Bonchev–Trinajstić information content (AvgIpc) is 2.96. The van der Waals surface area contributed by atoms with Gasteiger partial charge in [-0.1, -0.05) is 12.8 Å². The molecule has 6 nitrogen and oxygen atoms in total. The molecule has 2 N–H and O–H groups in total. The second kappa shape index (κ2) is 7.96. The Labute approximate surface area is 132 Å². The summed E-state index contributed by atoms with van der Waals surface area (Å²) in [7, 11) is 3.91. The number of hydrogen-bond acceptors (Lipinski definition) is 5. The number of aromatic nitrogens is 2. The van der Waals surface area contributed by atoms with Crippen molar-refractivity contribution in [2.75, 3.05) is 37.4 Å². The Bertz CT molecular complexity index is 497. The number of aryl methyl sites for hydroxylation is 1. The van der Waals surface area contributed by atoms with Gasteiger partial charge in [0.05, 0.1) is 0 Å². The van der Waals surface area contributed by atoms with Crippen LogP contribution in [0.5, 0.6) is 0 Å². The number of hydrogen-bond donors (Lipinski definition) is 2. The lowest BCUT2D eigenvalue weighted by Gasteiger charge is -2.14. The van der Waals surface area contributed by atoms with Crippen LogP contribution in [0.3, 0.4) is 0 Å². The first-order chi connectivity index (χ1) is 10.5. The number of carbonyl (C=O) groups excluding carboxylic acids is 1. The summed E-state index contributed by atoms with van der Waals surface area (Å²) < 4.78 is 0. The Balaban J connectivity index is 1.70. The molecular weight excluding hydrogens is 278 g/mol. The smallest absolute Gasteiger partial charge is 0.220 e. The van der Waals surface area contributed by atoms with Crippen LogP contribution in [0.25, 0.3) is 0 Å². The van der Waals surface area contributed by atoms with Gasteiger partial charge >= 0.3 is 0 Å². The van der Waals surface area contributed by atoms with Crippen molar-refractivity contribution in [1.29, 1.82) is 0 Å². The first kappa shape index (κ1) is 16.5. The van der Waals surface area contributed by atoms with Gasteiger partial charge in [0.15, 0.2) is 0 Å². The third-order valence-corrected chi connectivity index (χ3v) is 3.98. The highest BCUT2D eigenvalue weighted by molar-refractivity contribution is 5.76. The van der Waals surface area contributed by atoms with Crippen LogP contribution in [0, 0.1) is 12.8 Å². The lowest BCUT2D eigenvalue weighted by Crippen LogP contribution is -2.30. The van der Waals surface area contributed by atoms with Gasteiger partial charge in [0.2, 0.25) is 5.91 Å². The van der Waals surface area contributed by atoms with Crippen LogP contribution < -0.4 is 15.5 Å². The van der Waals surface area contributed by atoms with Gasteiger partial charge in [-0.15, -0.1) is 0 Å². The molecule has 2 rings (SSSR count). The van der Waals surface area contributed by atoms with Crippen LogP contribution in [-0.4, -0.2) is 43.1 Å². The van der Waals surface area contributed by atoms with E-state index in [-0.39, 0.29) is 5.91 Å². The summed E-state index contributed by atoms with van der Waals surface area (Å²) in [5, 5.41) is 6.21. The molecule has 1 fully saturated rings. The van der Waals surface area contributed by atoms with Crippen LogP contribution in [0.2, 0.25) is 0 Å². The zero-order valence-electron chi connectivity index (χ0n) is 13.9. The number of amides is 1. The maximum Gasteiger partial charge on any atom is 0.220 e. The number of anilines is 2. The third kappa shape index (κ3) is 5.16. The molecule has 1 heterocycles. The second-order valence-electron chi connectivity index (χ2n) is 6.18. The Kier molecular flexibility index (Phi) is 5.98. The topological polar surface area (TPSA) is 70.2 Å². The molecule has 122 valence electrons. The van der Waals surface area contributed by atoms with Gasteiger partial charge in [0.25, 0.3) is 0 Å². The van der Waals surface area contributed by atoms with E-state index in [1.807, 2.05) is 32.0 Å². The quantitative estimate of drug-likeness (QED) is 0.754. The van der Waals surface area contributed by atoms with Crippen molar-refractivity contribution in [1.82, 2.24) is 15.3 Å². The lowest BCUT2D eigenvalue weighted by molar-refractivity contribution is -0.121. The SMILES string of the molecule is Cc1nc(NCCNC(=O)CC2CCCC2)cc(N(C)C)n1. The maximum absolute atomic E-state index is 11.8. The minimum absolute atomic E-state index is 0.168. The highest BCUT2D eigenvalue weighted by Gasteiger charge is 2.17. The summed E-state index contributed by atoms with van der Waals surface area (Å²) >= 11 is 0. The number of nitrogens with zero attached hydrogens (tertiary/aromatic N) is 3. The highest BCUT2D eigenvalue weighted by atomic mass is 16.1. The maximum atomic E-state index is 11.8. The van der Waals surface area contributed by atoms with Gasteiger partial charge in [-0.3, -0.25) is 4.79 Å². The number of rotatable bonds is 7. The van der Waals surface area contributed by atoms with Crippen molar-refractivity contribution in [3.63, 3.8) is 0 Å². The van der Waals surface area contributed by atoms with Crippen molar-refractivity contribution >= 4 is 17.5 Å². The van der Waals surface area contributed by atoms with Crippen LogP contribution in [0.15, 0.2) is 6.07 Å². The van der Waals surface area contributed by atoms with Gasteiger partial charge in [-0.25, -0.2) is 9.97 Å². The summed E-state index contributed by atoms with van der Waals surface area (Å²) in [5.74, 6) is 3.17. The Morgan fingerprint density at radius 3 is 2.68 bits per heavy atom. The van der Waals surface area contributed by atoms with Gasteiger partial charge in [-0.2, -0.15) is 0 Å². The van der Waals surface area contributed by atoms with Crippen LogP contribution >= 0.6 is 0 Å². The van der Waals surface area contributed by atoms with Gasteiger partial charge < -0.3 is 15.5 Å². The van der Waals surface area contributed by atoms with Crippen molar-refractivity contribution in [3.05, 3.63) is 11.9 Å². The van der Waals surface area contributed by atoms with Gasteiger partial charge in [0.1, 0.15) is 17.5 Å². The average molecular weight is 305 g/mol. The summed E-state index contributed by atoms with van der Waals surface area (Å²) in [6.07, 6.45) is 5.65. The minimum Gasteiger partial charge on any atom is -0.368 e. The van der Waals surface area contributed by atoms with Gasteiger partial charge in [0, 0.05) is 39.7 Å². The van der Waals surface area contributed by atoms with Crippen LogP contribution in [0.1, 0.15) is 37.9 Å². The molecule has 1 aliphatic carbocycles. The molecule has 0 atom stereocenters. The predicted octanol–water partition coefficient (Wildman–Crippen LogP) is 1.96. The highest BCUT2D eigenvalue weighted by Crippen LogP contribution is 2.27. The molecule has 1 aromatic heterocycles. The lowest BCUT2D eigenvalue weighted by atomic mass is 10.0. The summed E-state index contributed by atoms with van der Waals surface area (Å²) in [6.45, 7) is 3.16. The van der Waals surface area contributed by atoms with E-state index in [0.717, 1.165) is 17.5 Å². The molecular formula is C16H27N5O. The standard InChI is InChI=1S/C16H27N5O/c1-12-19-14(11-15(20-12)21(2)3)17-8-9-18-16(22)10-13-6-4-5-7-13/h11,13H,4-10H2,1-3H3,(H,18,22)(H,17,19,20). The second-order valence-corrected chi connectivity index (χ2v) is 6.18. The molecule has 1 amide bonds. The van der Waals surface area contributed by atoms with E-state index in [2.05, 4.69) is 20.6 Å². The van der Waals surface area contributed by atoms with E-state index in [9.17, 15) is 4.79 Å². The third-order valence-electron chi connectivity index (χ3n) is 3.98. The molecule has 0 radical (unpaired) electrons. The summed E-state index contributed by atoms with van der Waals surface area (Å²) in [5.41, 5.74) is 0. The zero-order valence-corrected chi connectivity index (χ0v) is 13.9. The fraction of sp³-hybridized carbons (Fsp3) is 0.688. The van der Waals surface area contributed by atoms with Crippen molar-refractivity contribution in [2.24, 2.45) is 5.92 Å². The molecule has 1 aliphatic rings. The monoisotopic (exact) mass is 305 g/mol.